The Hall–Kier alpha value is -2.51. The summed E-state index contributed by atoms with van der Waals surface area (Å²) in [6, 6.07) is 13.0. The molecule has 6 nitrogen and oxygen atoms in total. The number of methoxy groups -OCH3 is 1. The first-order chi connectivity index (χ1) is 13.0. The van der Waals surface area contributed by atoms with Crippen LogP contribution in [0.4, 0.5) is 5.69 Å². The van der Waals surface area contributed by atoms with E-state index in [0.717, 1.165) is 16.9 Å². The Bertz CT molecular complexity index is 974. The largest absolute Gasteiger partial charge is 0.496 e. The van der Waals surface area contributed by atoms with Gasteiger partial charge in [-0.25, -0.2) is 0 Å². The number of carbonyl (C=O) groups excluding carboxylic acids is 1. The van der Waals surface area contributed by atoms with E-state index in [9.17, 15) is 4.79 Å². The molecule has 0 saturated carbocycles. The average molecular weight is 403 g/mol. The first kappa shape index (κ1) is 19.3. The van der Waals surface area contributed by atoms with Gasteiger partial charge in [-0.1, -0.05) is 41.6 Å². The number of amides is 1. The van der Waals surface area contributed by atoms with Crippen LogP contribution in [0.25, 0.3) is 11.4 Å². The van der Waals surface area contributed by atoms with Crippen LogP contribution in [0.5, 0.6) is 5.75 Å². The number of halogens is 1. The first-order valence-corrected chi connectivity index (χ1v) is 9.58. The number of nitrogens with zero attached hydrogens (tertiary/aromatic N) is 3. The quantitative estimate of drug-likeness (QED) is 0.626. The van der Waals surface area contributed by atoms with Crippen LogP contribution in [0.1, 0.15) is 5.56 Å². The summed E-state index contributed by atoms with van der Waals surface area (Å²) in [5, 5.41) is 12.6. The smallest absolute Gasteiger partial charge is 0.234 e. The molecule has 0 atom stereocenters. The maximum absolute atomic E-state index is 12.3. The molecule has 0 bridgehead atoms. The van der Waals surface area contributed by atoms with Gasteiger partial charge in [0.25, 0.3) is 0 Å². The predicted octanol–water partition coefficient (Wildman–Crippen LogP) is 4.18. The fraction of sp³-hybridized carbons (Fsp3) is 0.211. The van der Waals surface area contributed by atoms with Crippen LogP contribution in [0, 0.1) is 6.92 Å². The third-order valence-electron chi connectivity index (χ3n) is 4.06. The fourth-order valence-electron chi connectivity index (χ4n) is 2.56. The molecule has 8 heteroatoms. The van der Waals surface area contributed by atoms with Crippen LogP contribution in [0.15, 0.2) is 47.6 Å². The van der Waals surface area contributed by atoms with Crippen molar-refractivity contribution in [2.24, 2.45) is 7.05 Å². The highest BCUT2D eigenvalue weighted by molar-refractivity contribution is 7.99. The number of hydrogen-bond acceptors (Lipinski definition) is 5. The van der Waals surface area contributed by atoms with Gasteiger partial charge in [0, 0.05) is 17.8 Å². The number of hydrogen-bond donors (Lipinski definition) is 1. The van der Waals surface area contributed by atoms with Gasteiger partial charge in [-0.3, -0.25) is 4.79 Å². The maximum atomic E-state index is 12.3. The zero-order chi connectivity index (χ0) is 19.4. The van der Waals surface area contributed by atoms with E-state index in [-0.39, 0.29) is 11.7 Å². The average Bonchev–Trinajstić information content (AvgIpc) is 3.04. The Morgan fingerprint density at radius 1 is 1.22 bits per heavy atom. The van der Waals surface area contributed by atoms with E-state index >= 15 is 0 Å². The summed E-state index contributed by atoms with van der Waals surface area (Å²) >= 11 is 7.41. The third-order valence-corrected chi connectivity index (χ3v) is 5.49. The molecule has 3 aromatic rings. The molecular weight excluding hydrogens is 384 g/mol. The van der Waals surface area contributed by atoms with Crippen LogP contribution in [-0.2, 0) is 11.8 Å². The molecule has 27 heavy (non-hydrogen) atoms. The van der Waals surface area contributed by atoms with Crippen LogP contribution < -0.4 is 10.1 Å². The van der Waals surface area contributed by atoms with Gasteiger partial charge in [0.15, 0.2) is 11.0 Å². The topological polar surface area (TPSA) is 69.0 Å². The van der Waals surface area contributed by atoms with Crippen molar-refractivity contribution in [3.05, 3.63) is 53.1 Å². The van der Waals surface area contributed by atoms with Gasteiger partial charge in [0.05, 0.1) is 18.4 Å². The van der Waals surface area contributed by atoms with Gasteiger partial charge in [0.2, 0.25) is 5.91 Å². The fourth-order valence-corrected chi connectivity index (χ4v) is 3.45. The number of rotatable bonds is 6. The van der Waals surface area contributed by atoms with Crippen molar-refractivity contribution < 1.29 is 9.53 Å². The number of benzene rings is 2. The van der Waals surface area contributed by atoms with Gasteiger partial charge >= 0.3 is 0 Å². The highest BCUT2D eigenvalue weighted by Crippen LogP contribution is 2.30. The van der Waals surface area contributed by atoms with E-state index < -0.39 is 0 Å². The molecule has 2 aromatic carbocycles. The molecule has 1 N–H and O–H groups in total. The van der Waals surface area contributed by atoms with Crippen LogP contribution in [-0.4, -0.2) is 33.5 Å². The van der Waals surface area contributed by atoms with E-state index in [1.54, 1.807) is 19.2 Å². The van der Waals surface area contributed by atoms with Crippen LogP contribution >= 0.6 is 23.4 Å². The second-order valence-electron chi connectivity index (χ2n) is 5.81. The van der Waals surface area contributed by atoms with Crippen LogP contribution in [0.2, 0.25) is 5.02 Å². The molecule has 0 aliphatic rings. The summed E-state index contributed by atoms with van der Waals surface area (Å²) in [5.41, 5.74) is 2.40. The number of thioether (sulfide) groups is 1. The molecule has 0 fully saturated rings. The third kappa shape index (κ3) is 4.26. The van der Waals surface area contributed by atoms with E-state index in [4.69, 9.17) is 16.3 Å². The van der Waals surface area contributed by atoms with E-state index in [0.29, 0.717) is 21.7 Å². The number of carbonyl (C=O) groups is 1. The molecule has 1 amide bonds. The summed E-state index contributed by atoms with van der Waals surface area (Å²) in [4.78, 5) is 12.3. The number of para-hydroxylation sites is 1. The van der Waals surface area contributed by atoms with Crippen molar-refractivity contribution >= 4 is 35.0 Å². The number of ether oxygens (including phenoxy) is 1. The van der Waals surface area contributed by atoms with Crippen molar-refractivity contribution in [1.29, 1.82) is 0 Å². The van der Waals surface area contributed by atoms with E-state index in [2.05, 4.69) is 15.5 Å². The monoisotopic (exact) mass is 402 g/mol. The molecule has 3 rings (SSSR count). The van der Waals surface area contributed by atoms with Crippen molar-refractivity contribution in [1.82, 2.24) is 14.8 Å². The number of nitrogens with one attached hydrogen (secondary N) is 1. The molecule has 140 valence electrons. The van der Waals surface area contributed by atoms with Crippen molar-refractivity contribution in [3.63, 3.8) is 0 Å². The van der Waals surface area contributed by atoms with Crippen molar-refractivity contribution in [3.8, 4) is 17.1 Å². The molecule has 1 aromatic heterocycles. The van der Waals surface area contributed by atoms with Crippen molar-refractivity contribution in [2.75, 3.05) is 18.2 Å². The number of anilines is 1. The number of aromatic nitrogens is 3. The molecule has 1 heterocycles. The molecule has 0 radical (unpaired) electrons. The Morgan fingerprint density at radius 3 is 2.78 bits per heavy atom. The molecule has 0 unspecified atom stereocenters. The SMILES string of the molecule is COc1ccccc1-c1nnc(SCC(=O)Nc2cccc(Cl)c2C)n1C. The predicted molar refractivity (Wildman–Crippen MR) is 109 cm³/mol. The van der Waals surface area contributed by atoms with Gasteiger partial charge in [-0.15, -0.1) is 10.2 Å². The lowest BCUT2D eigenvalue weighted by atomic mass is 10.2. The lowest BCUT2D eigenvalue weighted by Crippen LogP contribution is -2.15. The molecule has 0 saturated heterocycles. The van der Waals surface area contributed by atoms with Gasteiger partial charge in [0.1, 0.15) is 5.75 Å². The van der Waals surface area contributed by atoms with E-state index in [1.807, 2.05) is 48.9 Å². The van der Waals surface area contributed by atoms with Gasteiger partial charge in [-0.2, -0.15) is 0 Å². The standard InChI is InChI=1S/C19H19ClN4O2S/c1-12-14(20)8-6-9-15(12)21-17(25)11-27-19-23-22-18(24(19)2)13-7-4-5-10-16(13)26-3/h4-10H,11H2,1-3H3,(H,21,25). The highest BCUT2D eigenvalue weighted by atomic mass is 35.5. The second kappa shape index (κ2) is 8.45. The lowest BCUT2D eigenvalue weighted by molar-refractivity contribution is -0.113. The molecular formula is C19H19ClN4O2S. The zero-order valence-electron chi connectivity index (χ0n) is 15.2. The van der Waals surface area contributed by atoms with E-state index in [1.165, 1.54) is 11.8 Å². The minimum absolute atomic E-state index is 0.132. The Labute approximate surface area is 166 Å². The minimum Gasteiger partial charge on any atom is -0.496 e. The molecule has 0 aliphatic heterocycles. The normalized spacial score (nSPS) is 10.7. The maximum Gasteiger partial charge on any atom is 0.234 e. The first-order valence-electron chi connectivity index (χ1n) is 8.21. The highest BCUT2D eigenvalue weighted by Gasteiger charge is 2.16. The summed E-state index contributed by atoms with van der Waals surface area (Å²) in [6.07, 6.45) is 0. The van der Waals surface area contributed by atoms with Gasteiger partial charge < -0.3 is 14.6 Å². The lowest BCUT2D eigenvalue weighted by Gasteiger charge is -2.10. The van der Waals surface area contributed by atoms with Gasteiger partial charge in [-0.05, 0) is 36.8 Å². The Morgan fingerprint density at radius 2 is 2.00 bits per heavy atom. The molecule has 0 aliphatic carbocycles. The Kier molecular flexibility index (Phi) is 6.03. The molecule has 0 spiro atoms. The zero-order valence-corrected chi connectivity index (χ0v) is 16.8. The summed E-state index contributed by atoms with van der Waals surface area (Å²) in [7, 11) is 3.48. The summed E-state index contributed by atoms with van der Waals surface area (Å²) in [6.45, 7) is 1.87. The summed E-state index contributed by atoms with van der Waals surface area (Å²) < 4.78 is 7.23. The minimum atomic E-state index is -0.132. The Balaban J connectivity index is 1.69. The second-order valence-corrected chi connectivity index (χ2v) is 7.16. The summed E-state index contributed by atoms with van der Waals surface area (Å²) in [5.74, 6) is 1.48. The van der Waals surface area contributed by atoms with Crippen LogP contribution in [0.3, 0.4) is 0 Å². The van der Waals surface area contributed by atoms with Crippen molar-refractivity contribution in [2.45, 2.75) is 12.1 Å².